The van der Waals surface area contributed by atoms with Crippen molar-refractivity contribution in [2.45, 2.75) is 75.3 Å². The van der Waals surface area contributed by atoms with Gasteiger partial charge in [-0.3, -0.25) is 9.59 Å². The molecule has 2 atom stereocenters. The molecule has 38 heavy (non-hydrogen) atoms. The van der Waals surface area contributed by atoms with Gasteiger partial charge in [-0.15, -0.1) is 0 Å². The molecule has 1 unspecified atom stereocenters. The molecule has 3 aromatic rings. The van der Waals surface area contributed by atoms with Gasteiger partial charge in [-0.05, 0) is 49.8 Å². The number of carbonyl (C=O) groups is 2. The van der Waals surface area contributed by atoms with Gasteiger partial charge in [0, 0.05) is 21.7 Å². The Balaban J connectivity index is 1.57. The van der Waals surface area contributed by atoms with Gasteiger partial charge in [0.1, 0.15) is 6.42 Å². The highest BCUT2D eigenvalue weighted by atomic mass is 35.5. The lowest BCUT2D eigenvalue weighted by molar-refractivity contribution is -0.155. The van der Waals surface area contributed by atoms with Crippen LogP contribution in [0, 0.1) is 0 Å². The van der Waals surface area contributed by atoms with Crippen molar-refractivity contribution in [1.82, 2.24) is 5.32 Å². The topological polar surface area (TPSA) is 55.4 Å². The Labute approximate surface area is 230 Å². The summed E-state index contributed by atoms with van der Waals surface area (Å²) in [5.41, 5.74) is 2.31. The van der Waals surface area contributed by atoms with Crippen molar-refractivity contribution in [3.63, 3.8) is 0 Å². The standard InChI is InChI=1S/C33H36ClNO3/c34-29-16-9-8-15-28(29)33(26-13-6-3-7-14-26,38-32(37)23-31(36)30-17-10-22-35-30)27-20-18-25(19-21-27)24-11-4-1-2-5-12-24/h3,6-9,13-16,18-21,24,30,35H,1-2,4-5,10-12,17,22-23H2/t30-,33?/m0/s1. The quantitative estimate of drug-likeness (QED) is 0.144. The highest BCUT2D eigenvalue weighted by molar-refractivity contribution is 6.31. The van der Waals surface area contributed by atoms with Crippen molar-refractivity contribution in [2.24, 2.45) is 0 Å². The van der Waals surface area contributed by atoms with Crippen LogP contribution >= 0.6 is 11.6 Å². The number of ketones is 1. The molecule has 5 heteroatoms. The number of benzene rings is 3. The summed E-state index contributed by atoms with van der Waals surface area (Å²) in [6, 6.07) is 25.4. The van der Waals surface area contributed by atoms with E-state index in [-0.39, 0.29) is 18.2 Å². The largest absolute Gasteiger partial charge is 0.444 e. The van der Waals surface area contributed by atoms with Crippen molar-refractivity contribution >= 4 is 23.4 Å². The van der Waals surface area contributed by atoms with Gasteiger partial charge in [0.25, 0.3) is 0 Å². The molecule has 1 saturated heterocycles. The number of Topliss-reactive ketones (excluding diaryl/α,β-unsaturated/α-hetero) is 1. The fraction of sp³-hybridized carbons (Fsp3) is 0.394. The summed E-state index contributed by atoms with van der Waals surface area (Å²) in [4.78, 5) is 26.4. The fourth-order valence-electron chi connectivity index (χ4n) is 6.10. The van der Waals surface area contributed by atoms with E-state index in [1.54, 1.807) is 0 Å². The maximum atomic E-state index is 13.5. The van der Waals surface area contributed by atoms with Crippen molar-refractivity contribution in [2.75, 3.05) is 6.54 Å². The Morgan fingerprint density at radius 3 is 2.11 bits per heavy atom. The minimum Gasteiger partial charge on any atom is -0.444 e. The second-order valence-electron chi connectivity index (χ2n) is 10.6. The van der Waals surface area contributed by atoms with E-state index in [0.717, 1.165) is 30.5 Å². The van der Waals surface area contributed by atoms with E-state index in [9.17, 15) is 9.59 Å². The zero-order valence-electron chi connectivity index (χ0n) is 21.8. The highest BCUT2D eigenvalue weighted by Crippen LogP contribution is 2.44. The Hall–Kier alpha value is -2.95. The first-order valence-electron chi connectivity index (χ1n) is 14.0. The number of carbonyl (C=O) groups excluding carboxylic acids is 2. The number of nitrogens with one attached hydrogen (secondary N) is 1. The molecule has 0 radical (unpaired) electrons. The van der Waals surface area contributed by atoms with Gasteiger partial charge >= 0.3 is 5.97 Å². The molecule has 2 fully saturated rings. The normalized spacial score (nSPS) is 19.9. The Bertz CT molecular complexity index is 1230. The molecule has 1 saturated carbocycles. The van der Waals surface area contributed by atoms with Crippen LogP contribution in [-0.4, -0.2) is 24.3 Å². The van der Waals surface area contributed by atoms with Crippen LogP contribution in [-0.2, 0) is 19.9 Å². The summed E-state index contributed by atoms with van der Waals surface area (Å²) >= 11 is 6.80. The Morgan fingerprint density at radius 1 is 0.789 bits per heavy atom. The van der Waals surface area contributed by atoms with Crippen molar-refractivity contribution in [3.05, 3.63) is 106 Å². The monoisotopic (exact) mass is 529 g/mol. The van der Waals surface area contributed by atoms with Gasteiger partial charge in [0.2, 0.25) is 0 Å². The lowest BCUT2D eigenvalue weighted by atomic mass is 9.79. The summed E-state index contributed by atoms with van der Waals surface area (Å²) in [6.45, 7) is 0.798. The molecule has 1 aliphatic heterocycles. The van der Waals surface area contributed by atoms with E-state index in [1.165, 1.54) is 44.1 Å². The van der Waals surface area contributed by atoms with Gasteiger partial charge < -0.3 is 10.1 Å². The zero-order valence-corrected chi connectivity index (χ0v) is 22.6. The maximum absolute atomic E-state index is 13.5. The van der Waals surface area contributed by atoms with E-state index in [4.69, 9.17) is 16.3 Å². The summed E-state index contributed by atoms with van der Waals surface area (Å²) < 4.78 is 6.44. The van der Waals surface area contributed by atoms with Crippen LogP contribution in [0.4, 0.5) is 0 Å². The molecule has 4 nitrogen and oxygen atoms in total. The lowest BCUT2D eigenvalue weighted by Crippen LogP contribution is -2.38. The lowest BCUT2D eigenvalue weighted by Gasteiger charge is -2.36. The third-order valence-corrected chi connectivity index (χ3v) is 8.44. The van der Waals surface area contributed by atoms with Gasteiger partial charge in [-0.1, -0.05) is 110 Å². The summed E-state index contributed by atoms with van der Waals surface area (Å²) in [7, 11) is 0. The number of hydrogen-bond donors (Lipinski definition) is 1. The zero-order chi connectivity index (χ0) is 26.4. The summed E-state index contributed by atoms with van der Waals surface area (Å²) in [5.74, 6) is -0.130. The third kappa shape index (κ3) is 5.72. The molecule has 0 amide bonds. The summed E-state index contributed by atoms with van der Waals surface area (Å²) in [6.07, 6.45) is 8.97. The van der Waals surface area contributed by atoms with E-state index in [1.807, 2.05) is 54.6 Å². The van der Waals surface area contributed by atoms with E-state index in [0.29, 0.717) is 16.5 Å². The highest BCUT2D eigenvalue weighted by Gasteiger charge is 2.42. The first-order chi connectivity index (χ1) is 18.6. The number of halogens is 1. The number of hydrogen-bond acceptors (Lipinski definition) is 4. The molecule has 3 aromatic carbocycles. The third-order valence-electron chi connectivity index (χ3n) is 8.11. The smallest absolute Gasteiger partial charge is 0.314 e. The maximum Gasteiger partial charge on any atom is 0.314 e. The molecule has 1 N–H and O–H groups in total. The van der Waals surface area contributed by atoms with Crippen LogP contribution in [0.5, 0.6) is 0 Å². The number of ether oxygens (including phenoxy) is 1. The minimum atomic E-state index is -1.29. The van der Waals surface area contributed by atoms with Crippen molar-refractivity contribution < 1.29 is 14.3 Å². The van der Waals surface area contributed by atoms with Crippen LogP contribution in [0.1, 0.15) is 86.0 Å². The van der Waals surface area contributed by atoms with Crippen LogP contribution in [0.2, 0.25) is 5.02 Å². The second kappa shape index (κ2) is 12.3. The van der Waals surface area contributed by atoms with Crippen molar-refractivity contribution in [1.29, 1.82) is 0 Å². The number of esters is 1. The average Bonchev–Trinajstić information content (AvgIpc) is 3.36. The van der Waals surface area contributed by atoms with Gasteiger partial charge in [0.15, 0.2) is 11.4 Å². The molecular weight excluding hydrogens is 494 g/mol. The first kappa shape index (κ1) is 26.6. The molecule has 0 aromatic heterocycles. The van der Waals surface area contributed by atoms with Gasteiger partial charge in [-0.25, -0.2) is 0 Å². The van der Waals surface area contributed by atoms with E-state index >= 15 is 0 Å². The van der Waals surface area contributed by atoms with Crippen LogP contribution in [0.15, 0.2) is 78.9 Å². The molecule has 1 aliphatic carbocycles. The predicted octanol–water partition coefficient (Wildman–Crippen LogP) is 7.32. The SMILES string of the molecule is O=C(CC(=O)[C@@H]1CCCN1)OC(c1ccccc1)(c1ccc(C2CCCCCC2)cc1)c1ccccc1Cl. The summed E-state index contributed by atoms with van der Waals surface area (Å²) in [5, 5.41) is 3.69. The van der Waals surface area contributed by atoms with Crippen LogP contribution in [0.25, 0.3) is 0 Å². The molecular formula is C33H36ClNO3. The van der Waals surface area contributed by atoms with Gasteiger partial charge in [-0.2, -0.15) is 0 Å². The molecule has 0 spiro atoms. The molecule has 2 aliphatic rings. The predicted molar refractivity (Wildman–Crippen MR) is 151 cm³/mol. The van der Waals surface area contributed by atoms with E-state index < -0.39 is 11.6 Å². The molecule has 5 rings (SSSR count). The Morgan fingerprint density at radius 2 is 1.45 bits per heavy atom. The first-order valence-corrected chi connectivity index (χ1v) is 14.3. The molecule has 1 heterocycles. The number of rotatable bonds is 8. The fourth-order valence-corrected chi connectivity index (χ4v) is 6.37. The Kier molecular flexibility index (Phi) is 8.61. The van der Waals surface area contributed by atoms with Crippen molar-refractivity contribution in [3.8, 4) is 0 Å². The molecule has 198 valence electrons. The van der Waals surface area contributed by atoms with E-state index in [2.05, 4.69) is 29.6 Å². The van der Waals surface area contributed by atoms with Gasteiger partial charge in [0.05, 0.1) is 6.04 Å². The molecule has 0 bridgehead atoms. The minimum absolute atomic E-state index is 0.127. The second-order valence-corrected chi connectivity index (χ2v) is 11.0. The van der Waals surface area contributed by atoms with Crippen LogP contribution < -0.4 is 5.32 Å². The van der Waals surface area contributed by atoms with Crippen LogP contribution in [0.3, 0.4) is 0 Å². The average molecular weight is 530 g/mol.